The molecule has 0 saturated heterocycles. The molecule has 0 aliphatic heterocycles. The van der Waals surface area contributed by atoms with Gasteiger partial charge in [0.1, 0.15) is 12.4 Å². The molecule has 1 aromatic heterocycles. The largest absolute Gasteiger partial charge is 0.489 e. The summed E-state index contributed by atoms with van der Waals surface area (Å²) in [5.41, 5.74) is 8.67. The smallest absolute Gasteiger partial charge is 0.119 e. The molecule has 0 fully saturated rings. The van der Waals surface area contributed by atoms with Crippen LogP contribution in [0.1, 0.15) is 5.56 Å². The predicted octanol–water partition coefficient (Wildman–Crippen LogP) is 3.33. The summed E-state index contributed by atoms with van der Waals surface area (Å²) in [6.45, 7) is 0.561. The van der Waals surface area contributed by atoms with E-state index in [2.05, 4.69) is 29.2 Å². The third-order valence-corrected chi connectivity index (χ3v) is 2.90. The van der Waals surface area contributed by atoms with Gasteiger partial charge in [0.15, 0.2) is 0 Å². The molecule has 0 atom stereocenters. The van der Waals surface area contributed by atoms with Crippen LogP contribution in [-0.4, -0.2) is 4.98 Å². The number of aromatic amines is 1. The zero-order chi connectivity index (χ0) is 12.4. The summed E-state index contributed by atoms with van der Waals surface area (Å²) in [6.07, 6.45) is 1.94. The van der Waals surface area contributed by atoms with Crippen LogP contribution in [0.15, 0.2) is 54.7 Å². The van der Waals surface area contributed by atoms with Gasteiger partial charge in [-0.1, -0.05) is 6.07 Å². The summed E-state index contributed by atoms with van der Waals surface area (Å²) in [4.78, 5) is 3.17. The molecular formula is C15H14N2O. The van der Waals surface area contributed by atoms with Crippen molar-refractivity contribution in [2.75, 3.05) is 5.73 Å². The molecule has 0 aliphatic carbocycles. The lowest BCUT2D eigenvalue weighted by Crippen LogP contribution is -1.95. The van der Waals surface area contributed by atoms with E-state index in [0.717, 1.165) is 22.5 Å². The lowest BCUT2D eigenvalue weighted by Gasteiger charge is -2.06. The number of ether oxygens (including phenoxy) is 1. The van der Waals surface area contributed by atoms with Crippen LogP contribution >= 0.6 is 0 Å². The molecule has 3 N–H and O–H groups in total. The molecular weight excluding hydrogens is 224 g/mol. The molecule has 0 saturated carbocycles. The average molecular weight is 238 g/mol. The third-order valence-electron chi connectivity index (χ3n) is 2.90. The molecule has 3 aromatic rings. The Bertz CT molecular complexity index is 656. The van der Waals surface area contributed by atoms with E-state index < -0.39 is 0 Å². The molecule has 3 heteroatoms. The van der Waals surface area contributed by atoms with Crippen molar-refractivity contribution in [2.45, 2.75) is 6.61 Å². The van der Waals surface area contributed by atoms with Crippen molar-refractivity contribution in [3.05, 3.63) is 60.3 Å². The molecule has 3 nitrogen and oxygen atoms in total. The fraction of sp³-hybridized carbons (Fsp3) is 0.0667. The molecule has 0 spiro atoms. The van der Waals surface area contributed by atoms with E-state index in [1.807, 2.05) is 30.5 Å². The van der Waals surface area contributed by atoms with E-state index in [0.29, 0.717) is 6.61 Å². The molecule has 2 aromatic carbocycles. The number of hydrogen-bond acceptors (Lipinski definition) is 2. The average Bonchev–Trinajstić information content (AvgIpc) is 2.85. The summed E-state index contributed by atoms with van der Waals surface area (Å²) >= 11 is 0. The lowest BCUT2D eigenvalue weighted by atomic mass is 10.2. The highest BCUT2D eigenvalue weighted by Crippen LogP contribution is 2.18. The third kappa shape index (κ3) is 2.15. The van der Waals surface area contributed by atoms with Crippen LogP contribution in [-0.2, 0) is 6.61 Å². The fourth-order valence-corrected chi connectivity index (χ4v) is 1.92. The van der Waals surface area contributed by atoms with Crippen LogP contribution in [0, 0.1) is 0 Å². The number of fused-ring (bicyclic) bond motifs is 1. The first-order chi connectivity index (χ1) is 8.81. The topological polar surface area (TPSA) is 51.0 Å². The van der Waals surface area contributed by atoms with Crippen molar-refractivity contribution in [3.63, 3.8) is 0 Å². The minimum Gasteiger partial charge on any atom is -0.489 e. The number of benzene rings is 2. The highest BCUT2D eigenvalue weighted by Gasteiger charge is 1.99. The van der Waals surface area contributed by atoms with Crippen molar-refractivity contribution < 1.29 is 4.74 Å². The van der Waals surface area contributed by atoms with Crippen molar-refractivity contribution in [1.29, 1.82) is 0 Å². The Balaban J connectivity index is 1.74. The summed E-state index contributed by atoms with van der Waals surface area (Å²) in [5, 5.41) is 1.20. The minimum absolute atomic E-state index is 0.561. The molecule has 0 amide bonds. The highest BCUT2D eigenvalue weighted by atomic mass is 16.5. The van der Waals surface area contributed by atoms with Gasteiger partial charge in [-0.15, -0.1) is 0 Å². The number of nitrogen functional groups attached to an aromatic ring is 1. The Labute approximate surface area is 105 Å². The zero-order valence-corrected chi connectivity index (χ0v) is 9.89. The van der Waals surface area contributed by atoms with Gasteiger partial charge in [-0.3, -0.25) is 0 Å². The van der Waals surface area contributed by atoms with Gasteiger partial charge in [-0.2, -0.15) is 0 Å². The van der Waals surface area contributed by atoms with E-state index in [4.69, 9.17) is 10.5 Å². The van der Waals surface area contributed by atoms with E-state index in [-0.39, 0.29) is 0 Å². The number of aromatic nitrogens is 1. The fourth-order valence-electron chi connectivity index (χ4n) is 1.92. The van der Waals surface area contributed by atoms with Gasteiger partial charge in [0, 0.05) is 17.4 Å². The van der Waals surface area contributed by atoms with Gasteiger partial charge >= 0.3 is 0 Å². The Kier molecular flexibility index (Phi) is 2.65. The number of hydrogen-bond donors (Lipinski definition) is 2. The van der Waals surface area contributed by atoms with Crippen LogP contribution in [0.5, 0.6) is 5.75 Å². The van der Waals surface area contributed by atoms with E-state index >= 15 is 0 Å². The van der Waals surface area contributed by atoms with E-state index in [1.54, 1.807) is 0 Å². The Morgan fingerprint density at radius 1 is 1.00 bits per heavy atom. The normalized spacial score (nSPS) is 10.7. The minimum atomic E-state index is 0.561. The van der Waals surface area contributed by atoms with Crippen LogP contribution in [0.3, 0.4) is 0 Å². The first-order valence-corrected chi connectivity index (χ1v) is 5.86. The standard InChI is InChI=1S/C15H14N2O/c16-13-2-4-14(5-3-13)18-10-11-1-6-15-12(9-11)7-8-17-15/h1-9,17H,10,16H2. The molecule has 18 heavy (non-hydrogen) atoms. The molecule has 0 bridgehead atoms. The van der Waals surface area contributed by atoms with Crippen LogP contribution in [0.4, 0.5) is 5.69 Å². The van der Waals surface area contributed by atoms with Crippen LogP contribution in [0.2, 0.25) is 0 Å². The first kappa shape index (κ1) is 10.7. The number of nitrogens with one attached hydrogen (secondary N) is 1. The van der Waals surface area contributed by atoms with Gasteiger partial charge in [-0.05, 0) is 53.4 Å². The predicted molar refractivity (Wildman–Crippen MR) is 73.5 cm³/mol. The van der Waals surface area contributed by atoms with Crippen molar-refractivity contribution >= 4 is 16.6 Å². The monoisotopic (exact) mass is 238 g/mol. The van der Waals surface area contributed by atoms with Gasteiger partial charge in [0.05, 0.1) is 0 Å². The lowest BCUT2D eigenvalue weighted by molar-refractivity contribution is 0.306. The Morgan fingerprint density at radius 3 is 2.67 bits per heavy atom. The molecule has 0 aliphatic rings. The van der Waals surface area contributed by atoms with Gasteiger partial charge < -0.3 is 15.5 Å². The Hall–Kier alpha value is -2.42. The SMILES string of the molecule is Nc1ccc(OCc2ccc3[nH]ccc3c2)cc1. The Morgan fingerprint density at radius 2 is 1.83 bits per heavy atom. The van der Waals surface area contributed by atoms with Crippen molar-refractivity contribution in [1.82, 2.24) is 4.98 Å². The zero-order valence-electron chi connectivity index (χ0n) is 9.89. The maximum Gasteiger partial charge on any atom is 0.119 e. The maximum absolute atomic E-state index is 5.71. The number of H-pyrrole nitrogens is 1. The molecule has 1 heterocycles. The van der Waals surface area contributed by atoms with E-state index in [9.17, 15) is 0 Å². The van der Waals surface area contributed by atoms with Crippen LogP contribution < -0.4 is 10.5 Å². The first-order valence-electron chi connectivity index (χ1n) is 5.86. The number of nitrogens with two attached hydrogens (primary N) is 1. The second-order valence-electron chi connectivity index (χ2n) is 4.26. The van der Waals surface area contributed by atoms with Crippen molar-refractivity contribution in [2.24, 2.45) is 0 Å². The second-order valence-corrected chi connectivity index (χ2v) is 4.26. The molecule has 3 rings (SSSR count). The number of rotatable bonds is 3. The van der Waals surface area contributed by atoms with Crippen LogP contribution in [0.25, 0.3) is 10.9 Å². The maximum atomic E-state index is 5.71. The highest BCUT2D eigenvalue weighted by molar-refractivity contribution is 5.79. The summed E-state index contributed by atoms with van der Waals surface area (Å²) in [5.74, 6) is 0.832. The van der Waals surface area contributed by atoms with Gasteiger partial charge in [0.2, 0.25) is 0 Å². The molecule has 0 radical (unpaired) electrons. The van der Waals surface area contributed by atoms with Gasteiger partial charge in [-0.25, -0.2) is 0 Å². The molecule has 0 unspecified atom stereocenters. The summed E-state index contributed by atoms with van der Waals surface area (Å²) < 4.78 is 5.71. The summed E-state index contributed by atoms with van der Waals surface area (Å²) in [7, 11) is 0. The van der Waals surface area contributed by atoms with E-state index in [1.165, 1.54) is 5.39 Å². The molecule has 90 valence electrons. The van der Waals surface area contributed by atoms with Gasteiger partial charge in [0.25, 0.3) is 0 Å². The number of anilines is 1. The quantitative estimate of drug-likeness (QED) is 0.688. The van der Waals surface area contributed by atoms with Crippen molar-refractivity contribution in [3.8, 4) is 5.75 Å². The second kappa shape index (κ2) is 4.45. The summed E-state index contributed by atoms with van der Waals surface area (Å²) in [6, 6.07) is 15.8.